The third-order valence-electron chi connectivity index (χ3n) is 4.04. The van der Waals surface area contributed by atoms with Gasteiger partial charge in [0, 0.05) is 0 Å². The molecule has 1 aliphatic rings. The summed E-state index contributed by atoms with van der Waals surface area (Å²) < 4.78 is 0. The van der Waals surface area contributed by atoms with Gasteiger partial charge in [0.2, 0.25) is 0 Å². The highest BCUT2D eigenvalue weighted by atomic mass is 14.9. The number of allylic oxidation sites excluding steroid dienone is 1. The summed E-state index contributed by atoms with van der Waals surface area (Å²) in [5.74, 6) is 0. The summed E-state index contributed by atoms with van der Waals surface area (Å²) in [6.07, 6.45) is 10.0. The molecule has 0 aliphatic heterocycles. The van der Waals surface area contributed by atoms with E-state index in [0.717, 1.165) is 13.0 Å². The van der Waals surface area contributed by atoms with E-state index < -0.39 is 0 Å². The zero-order valence-electron chi connectivity index (χ0n) is 12.4. The van der Waals surface area contributed by atoms with E-state index in [4.69, 9.17) is 0 Å². The quantitative estimate of drug-likeness (QED) is 0.722. The maximum Gasteiger partial charge on any atom is 0.0538 e. The lowest BCUT2D eigenvalue weighted by Crippen LogP contribution is -2.25. The molecular formula is C18H27N. The van der Waals surface area contributed by atoms with Gasteiger partial charge < -0.3 is 5.32 Å². The molecule has 104 valence electrons. The van der Waals surface area contributed by atoms with Crippen molar-refractivity contribution in [2.45, 2.75) is 58.4 Å². The van der Waals surface area contributed by atoms with E-state index in [-0.39, 0.29) is 0 Å². The molecular weight excluding hydrogens is 230 g/mol. The SMILES string of the molecule is CCCNC(C1=CCCCC1)c1ccccc1CC. The van der Waals surface area contributed by atoms with Crippen molar-refractivity contribution in [3.05, 3.63) is 47.0 Å². The normalized spacial score (nSPS) is 17.1. The predicted molar refractivity (Wildman–Crippen MR) is 83.4 cm³/mol. The van der Waals surface area contributed by atoms with Gasteiger partial charge in [-0.3, -0.25) is 0 Å². The van der Waals surface area contributed by atoms with Crippen LogP contribution in [0.4, 0.5) is 0 Å². The van der Waals surface area contributed by atoms with Crippen molar-refractivity contribution in [2.75, 3.05) is 6.54 Å². The molecule has 0 aromatic heterocycles. The van der Waals surface area contributed by atoms with Crippen LogP contribution in [-0.2, 0) is 6.42 Å². The zero-order chi connectivity index (χ0) is 13.5. The highest BCUT2D eigenvalue weighted by Gasteiger charge is 2.19. The van der Waals surface area contributed by atoms with Gasteiger partial charge in [-0.25, -0.2) is 0 Å². The minimum atomic E-state index is 0.441. The summed E-state index contributed by atoms with van der Waals surface area (Å²) in [6, 6.07) is 9.37. The van der Waals surface area contributed by atoms with Crippen LogP contribution >= 0.6 is 0 Å². The van der Waals surface area contributed by atoms with E-state index >= 15 is 0 Å². The van der Waals surface area contributed by atoms with Gasteiger partial charge in [-0.05, 0) is 56.2 Å². The molecule has 1 heteroatoms. The summed E-state index contributed by atoms with van der Waals surface area (Å²) in [7, 11) is 0. The Morgan fingerprint density at radius 3 is 2.68 bits per heavy atom. The number of benzene rings is 1. The summed E-state index contributed by atoms with van der Waals surface area (Å²) >= 11 is 0. The molecule has 0 heterocycles. The fourth-order valence-electron chi connectivity index (χ4n) is 2.99. The Labute approximate surface area is 118 Å². The molecule has 0 spiro atoms. The van der Waals surface area contributed by atoms with E-state index in [1.807, 2.05) is 0 Å². The molecule has 1 aromatic rings. The van der Waals surface area contributed by atoms with Crippen LogP contribution in [0.3, 0.4) is 0 Å². The summed E-state index contributed by atoms with van der Waals surface area (Å²) in [6.45, 7) is 5.59. The number of hydrogen-bond donors (Lipinski definition) is 1. The van der Waals surface area contributed by atoms with E-state index in [0.29, 0.717) is 6.04 Å². The minimum Gasteiger partial charge on any atom is -0.307 e. The second-order valence-corrected chi connectivity index (χ2v) is 5.46. The lowest BCUT2D eigenvalue weighted by Gasteiger charge is -2.26. The molecule has 19 heavy (non-hydrogen) atoms. The van der Waals surface area contributed by atoms with Gasteiger partial charge in [-0.15, -0.1) is 0 Å². The van der Waals surface area contributed by atoms with Crippen LogP contribution in [0, 0.1) is 0 Å². The second-order valence-electron chi connectivity index (χ2n) is 5.46. The molecule has 1 aliphatic carbocycles. The van der Waals surface area contributed by atoms with Crippen molar-refractivity contribution in [3.8, 4) is 0 Å². The van der Waals surface area contributed by atoms with Gasteiger partial charge in [-0.2, -0.15) is 0 Å². The van der Waals surface area contributed by atoms with Crippen LogP contribution in [-0.4, -0.2) is 6.54 Å². The lowest BCUT2D eigenvalue weighted by molar-refractivity contribution is 0.544. The smallest absolute Gasteiger partial charge is 0.0538 e. The average molecular weight is 257 g/mol. The lowest BCUT2D eigenvalue weighted by atomic mass is 9.87. The molecule has 0 bridgehead atoms. The van der Waals surface area contributed by atoms with Crippen molar-refractivity contribution < 1.29 is 0 Å². The monoisotopic (exact) mass is 257 g/mol. The van der Waals surface area contributed by atoms with Crippen LogP contribution in [0.1, 0.15) is 63.1 Å². The number of hydrogen-bond acceptors (Lipinski definition) is 1. The van der Waals surface area contributed by atoms with Crippen LogP contribution in [0.25, 0.3) is 0 Å². The topological polar surface area (TPSA) is 12.0 Å². The molecule has 0 fully saturated rings. The summed E-state index contributed by atoms with van der Waals surface area (Å²) in [5, 5.41) is 3.76. The van der Waals surface area contributed by atoms with Gasteiger partial charge in [0.15, 0.2) is 0 Å². The fraction of sp³-hybridized carbons (Fsp3) is 0.556. The Balaban J connectivity index is 2.27. The van der Waals surface area contributed by atoms with Crippen molar-refractivity contribution in [1.29, 1.82) is 0 Å². The standard InChI is InChI=1S/C18H27N/c1-3-14-19-18(16-11-6-5-7-12-16)17-13-9-8-10-15(17)4-2/h8-11,13,18-19H,3-7,12,14H2,1-2H3. The zero-order valence-corrected chi connectivity index (χ0v) is 12.4. The molecule has 1 atom stereocenters. The predicted octanol–water partition coefficient (Wildman–Crippen LogP) is 4.79. The minimum absolute atomic E-state index is 0.441. The highest BCUT2D eigenvalue weighted by molar-refractivity contribution is 5.36. The molecule has 0 saturated carbocycles. The molecule has 0 amide bonds. The van der Waals surface area contributed by atoms with Gasteiger partial charge in [0.05, 0.1) is 6.04 Å². The summed E-state index contributed by atoms with van der Waals surface area (Å²) in [4.78, 5) is 0. The van der Waals surface area contributed by atoms with Crippen molar-refractivity contribution in [1.82, 2.24) is 5.32 Å². The van der Waals surface area contributed by atoms with Crippen molar-refractivity contribution in [2.24, 2.45) is 0 Å². The third-order valence-corrected chi connectivity index (χ3v) is 4.04. The Morgan fingerprint density at radius 2 is 2.00 bits per heavy atom. The Bertz CT molecular complexity index is 419. The number of rotatable bonds is 6. The van der Waals surface area contributed by atoms with Crippen molar-refractivity contribution in [3.63, 3.8) is 0 Å². The van der Waals surface area contributed by atoms with Gasteiger partial charge >= 0.3 is 0 Å². The molecule has 1 unspecified atom stereocenters. The third kappa shape index (κ3) is 3.70. The molecule has 1 N–H and O–H groups in total. The molecule has 1 aromatic carbocycles. The first-order valence-electron chi connectivity index (χ1n) is 7.87. The molecule has 0 saturated heterocycles. The first kappa shape index (κ1) is 14.3. The largest absolute Gasteiger partial charge is 0.307 e. The maximum absolute atomic E-state index is 3.76. The number of nitrogens with one attached hydrogen (secondary N) is 1. The maximum atomic E-state index is 3.76. The van der Waals surface area contributed by atoms with E-state index in [1.54, 1.807) is 5.57 Å². The second kappa shape index (κ2) is 7.49. The van der Waals surface area contributed by atoms with Gasteiger partial charge in [-0.1, -0.05) is 49.8 Å². The van der Waals surface area contributed by atoms with Crippen LogP contribution in [0.15, 0.2) is 35.9 Å². The summed E-state index contributed by atoms with van der Waals surface area (Å²) in [5.41, 5.74) is 4.59. The van der Waals surface area contributed by atoms with Crippen LogP contribution < -0.4 is 5.32 Å². The Morgan fingerprint density at radius 1 is 1.16 bits per heavy atom. The molecule has 1 nitrogen and oxygen atoms in total. The van der Waals surface area contributed by atoms with Gasteiger partial charge in [0.25, 0.3) is 0 Å². The highest BCUT2D eigenvalue weighted by Crippen LogP contribution is 2.31. The Kier molecular flexibility index (Phi) is 5.65. The average Bonchev–Trinajstić information content (AvgIpc) is 2.49. The van der Waals surface area contributed by atoms with E-state index in [1.165, 1.54) is 43.2 Å². The van der Waals surface area contributed by atoms with Gasteiger partial charge in [0.1, 0.15) is 0 Å². The van der Waals surface area contributed by atoms with Crippen LogP contribution in [0.2, 0.25) is 0 Å². The first-order valence-corrected chi connectivity index (χ1v) is 7.87. The van der Waals surface area contributed by atoms with Crippen LogP contribution in [0.5, 0.6) is 0 Å². The molecule has 2 rings (SSSR count). The van der Waals surface area contributed by atoms with E-state index in [2.05, 4.69) is 49.5 Å². The first-order chi connectivity index (χ1) is 9.36. The Hall–Kier alpha value is -1.08. The van der Waals surface area contributed by atoms with E-state index in [9.17, 15) is 0 Å². The van der Waals surface area contributed by atoms with Crippen molar-refractivity contribution >= 4 is 0 Å². The fourth-order valence-corrected chi connectivity index (χ4v) is 2.99. The molecule has 0 radical (unpaired) electrons. The number of aryl methyl sites for hydroxylation is 1.